The van der Waals surface area contributed by atoms with Crippen molar-refractivity contribution in [3.8, 4) is 0 Å². The molecule has 1 aliphatic rings. The van der Waals surface area contributed by atoms with Gasteiger partial charge in [0.15, 0.2) is 0 Å². The predicted molar refractivity (Wildman–Crippen MR) is 50.9 cm³/mol. The van der Waals surface area contributed by atoms with Gasteiger partial charge in [0.05, 0.1) is 0 Å². The van der Waals surface area contributed by atoms with Crippen LogP contribution in [0.2, 0.25) is 0 Å². The van der Waals surface area contributed by atoms with Crippen LogP contribution in [0.15, 0.2) is 18.2 Å². The zero-order valence-corrected chi connectivity index (χ0v) is 7.81. The zero-order valence-electron chi connectivity index (χ0n) is 7.81. The van der Waals surface area contributed by atoms with E-state index < -0.39 is 0 Å². The number of nitrogens with two attached hydrogens (primary N) is 1. The van der Waals surface area contributed by atoms with Gasteiger partial charge in [0.2, 0.25) is 0 Å². The largest absolute Gasteiger partial charge is 0.321 e. The molecule has 1 nitrogen and oxygen atoms in total. The van der Waals surface area contributed by atoms with Gasteiger partial charge in [0, 0.05) is 5.54 Å². The lowest BCUT2D eigenvalue weighted by molar-refractivity contribution is 0.426. The molecule has 0 spiro atoms. The molecule has 1 aromatic rings. The molecule has 0 amide bonds. The van der Waals surface area contributed by atoms with Gasteiger partial charge >= 0.3 is 0 Å². The third-order valence-corrected chi connectivity index (χ3v) is 3.08. The summed E-state index contributed by atoms with van der Waals surface area (Å²) >= 11 is 0. The summed E-state index contributed by atoms with van der Waals surface area (Å²) in [6.07, 6.45) is 2.78. The normalized spacial score (nSPS) is 26.1. The monoisotopic (exact) mass is 179 g/mol. The molecule has 2 rings (SSSR count). The van der Waals surface area contributed by atoms with E-state index in [2.05, 4.69) is 6.92 Å². The molecular formula is C11H14FN. The van der Waals surface area contributed by atoms with E-state index in [-0.39, 0.29) is 11.4 Å². The van der Waals surface area contributed by atoms with Crippen molar-refractivity contribution in [1.29, 1.82) is 0 Å². The number of hydrogen-bond acceptors (Lipinski definition) is 1. The van der Waals surface area contributed by atoms with E-state index >= 15 is 0 Å². The van der Waals surface area contributed by atoms with Crippen molar-refractivity contribution < 1.29 is 4.39 Å². The van der Waals surface area contributed by atoms with Gasteiger partial charge in [-0.05, 0) is 42.5 Å². The van der Waals surface area contributed by atoms with Crippen LogP contribution in [-0.2, 0) is 12.0 Å². The highest BCUT2D eigenvalue weighted by Gasteiger charge is 2.32. The maximum absolute atomic E-state index is 12.9. The SMILES string of the molecule is CCC1(N)CCc2cc(F)ccc21. The summed E-state index contributed by atoms with van der Waals surface area (Å²) in [4.78, 5) is 0. The van der Waals surface area contributed by atoms with Crippen molar-refractivity contribution in [2.75, 3.05) is 0 Å². The van der Waals surface area contributed by atoms with Crippen LogP contribution in [0.1, 0.15) is 30.9 Å². The molecule has 0 fully saturated rings. The Labute approximate surface area is 77.8 Å². The molecule has 70 valence electrons. The number of fused-ring (bicyclic) bond motifs is 1. The number of rotatable bonds is 1. The third-order valence-electron chi connectivity index (χ3n) is 3.08. The molecule has 0 heterocycles. The Morgan fingerprint density at radius 1 is 1.54 bits per heavy atom. The number of aryl methyl sites for hydroxylation is 1. The van der Waals surface area contributed by atoms with Crippen molar-refractivity contribution in [3.05, 3.63) is 35.1 Å². The van der Waals surface area contributed by atoms with Crippen LogP contribution in [0.4, 0.5) is 4.39 Å². The van der Waals surface area contributed by atoms with Gasteiger partial charge in [0.1, 0.15) is 5.82 Å². The summed E-state index contributed by atoms with van der Waals surface area (Å²) in [5.74, 6) is -0.154. The molecule has 2 N–H and O–H groups in total. The van der Waals surface area contributed by atoms with Crippen LogP contribution in [-0.4, -0.2) is 0 Å². The van der Waals surface area contributed by atoms with E-state index in [4.69, 9.17) is 5.73 Å². The van der Waals surface area contributed by atoms with E-state index in [0.29, 0.717) is 0 Å². The molecule has 0 saturated heterocycles. The minimum Gasteiger partial charge on any atom is -0.321 e. The van der Waals surface area contributed by atoms with Gasteiger partial charge in [-0.2, -0.15) is 0 Å². The van der Waals surface area contributed by atoms with Crippen LogP contribution in [0.3, 0.4) is 0 Å². The summed E-state index contributed by atoms with van der Waals surface area (Å²) in [6, 6.07) is 4.95. The second-order valence-corrected chi connectivity index (χ2v) is 3.81. The second-order valence-electron chi connectivity index (χ2n) is 3.81. The molecule has 0 radical (unpaired) electrons. The van der Waals surface area contributed by atoms with E-state index in [1.165, 1.54) is 6.07 Å². The zero-order chi connectivity index (χ0) is 9.47. The minimum atomic E-state index is -0.205. The average Bonchev–Trinajstić information content (AvgIpc) is 2.45. The first-order valence-electron chi connectivity index (χ1n) is 4.73. The van der Waals surface area contributed by atoms with Crippen LogP contribution >= 0.6 is 0 Å². The first kappa shape index (κ1) is 8.70. The Bertz CT molecular complexity index is 335. The standard InChI is InChI=1S/C11H14FN/c1-2-11(13)6-5-8-7-9(12)3-4-10(8)11/h3-4,7H,2,5-6,13H2,1H3. The highest BCUT2D eigenvalue weighted by atomic mass is 19.1. The molecule has 0 saturated carbocycles. The van der Waals surface area contributed by atoms with Crippen molar-refractivity contribution in [3.63, 3.8) is 0 Å². The van der Waals surface area contributed by atoms with Crippen LogP contribution in [0.5, 0.6) is 0 Å². The van der Waals surface area contributed by atoms with Crippen molar-refractivity contribution in [2.24, 2.45) is 5.73 Å². The highest BCUT2D eigenvalue weighted by Crippen LogP contribution is 2.37. The van der Waals surface area contributed by atoms with Gasteiger partial charge < -0.3 is 5.73 Å². The smallest absolute Gasteiger partial charge is 0.123 e. The fraction of sp³-hybridized carbons (Fsp3) is 0.455. The maximum atomic E-state index is 12.9. The van der Waals surface area contributed by atoms with Crippen LogP contribution in [0.25, 0.3) is 0 Å². The molecule has 1 aliphatic carbocycles. The van der Waals surface area contributed by atoms with E-state index in [9.17, 15) is 4.39 Å². The van der Waals surface area contributed by atoms with Gasteiger partial charge in [-0.25, -0.2) is 4.39 Å². The molecular weight excluding hydrogens is 165 g/mol. The van der Waals surface area contributed by atoms with E-state index in [1.807, 2.05) is 6.07 Å². The molecule has 0 bridgehead atoms. The van der Waals surface area contributed by atoms with E-state index in [0.717, 1.165) is 30.4 Å². The Kier molecular flexibility index (Phi) is 1.88. The Morgan fingerprint density at radius 2 is 2.31 bits per heavy atom. The number of hydrogen-bond donors (Lipinski definition) is 1. The lowest BCUT2D eigenvalue weighted by atomic mass is 9.90. The van der Waals surface area contributed by atoms with Crippen molar-refractivity contribution in [1.82, 2.24) is 0 Å². The summed E-state index contributed by atoms with van der Waals surface area (Å²) < 4.78 is 12.9. The first-order chi connectivity index (χ1) is 6.15. The van der Waals surface area contributed by atoms with Crippen molar-refractivity contribution >= 4 is 0 Å². The van der Waals surface area contributed by atoms with Gasteiger partial charge in [-0.1, -0.05) is 13.0 Å². The fourth-order valence-electron chi connectivity index (χ4n) is 2.11. The highest BCUT2D eigenvalue weighted by molar-refractivity contribution is 5.38. The van der Waals surface area contributed by atoms with Crippen molar-refractivity contribution in [2.45, 2.75) is 31.7 Å². The second kappa shape index (κ2) is 2.81. The van der Waals surface area contributed by atoms with Gasteiger partial charge in [0.25, 0.3) is 0 Å². The maximum Gasteiger partial charge on any atom is 0.123 e. The van der Waals surface area contributed by atoms with Crippen LogP contribution < -0.4 is 5.73 Å². The molecule has 0 aromatic heterocycles. The van der Waals surface area contributed by atoms with Gasteiger partial charge in [-0.3, -0.25) is 0 Å². The number of halogens is 1. The van der Waals surface area contributed by atoms with Crippen LogP contribution in [0, 0.1) is 5.82 Å². The summed E-state index contributed by atoms with van der Waals surface area (Å²) in [7, 11) is 0. The Hall–Kier alpha value is -0.890. The summed E-state index contributed by atoms with van der Waals surface area (Å²) in [5.41, 5.74) is 8.22. The third kappa shape index (κ3) is 1.25. The lowest BCUT2D eigenvalue weighted by Gasteiger charge is -2.23. The Balaban J connectivity index is 2.49. The predicted octanol–water partition coefficient (Wildman–Crippen LogP) is 2.34. The molecule has 1 atom stereocenters. The fourth-order valence-corrected chi connectivity index (χ4v) is 2.11. The average molecular weight is 179 g/mol. The summed E-state index contributed by atoms with van der Waals surface area (Å²) in [5, 5.41) is 0. The quantitative estimate of drug-likeness (QED) is 0.703. The molecule has 0 aliphatic heterocycles. The minimum absolute atomic E-state index is 0.154. The Morgan fingerprint density at radius 3 is 3.00 bits per heavy atom. The first-order valence-corrected chi connectivity index (χ1v) is 4.73. The van der Waals surface area contributed by atoms with Gasteiger partial charge in [-0.15, -0.1) is 0 Å². The molecule has 13 heavy (non-hydrogen) atoms. The molecule has 1 aromatic carbocycles. The lowest BCUT2D eigenvalue weighted by Crippen LogP contribution is -2.32. The molecule has 2 heteroatoms. The number of benzene rings is 1. The topological polar surface area (TPSA) is 26.0 Å². The summed E-state index contributed by atoms with van der Waals surface area (Å²) in [6.45, 7) is 2.08. The molecule has 1 unspecified atom stereocenters. The van der Waals surface area contributed by atoms with E-state index in [1.54, 1.807) is 6.07 Å².